The Balaban J connectivity index is 1.80. The number of nitrogens with zero attached hydrogens (tertiary/aromatic N) is 1. The second kappa shape index (κ2) is 12.0. The number of esters is 2. The predicted octanol–water partition coefficient (Wildman–Crippen LogP) is 4.23. The van der Waals surface area contributed by atoms with Gasteiger partial charge in [-0.15, -0.1) is 11.3 Å². The molecule has 0 aliphatic rings. The lowest BCUT2D eigenvalue weighted by Crippen LogP contribution is -2.21. The highest BCUT2D eigenvalue weighted by atomic mass is 32.1. The molecule has 0 saturated heterocycles. The molecule has 0 unspecified atom stereocenters. The van der Waals surface area contributed by atoms with E-state index in [-0.39, 0.29) is 44.8 Å². The van der Waals surface area contributed by atoms with Gasteiger partial charge in [-0.2, -0.15) is 0 Å². The van der Waals surface area contributed by atoms with Crippen LogP contribution in [-0.2, 0) is 16.1 Å². The van der Waals surface area contributed by atoms with E-state index in [2.05, 4.69) is 20.4 Å². The van der Waals surface area contributed by atoms with Gasteiger partial charge in [0.2, 0.25) is 0 Å². The number of carbonyl (C=O) groups is 3. The summed E-state index contributed by atoms with van der Waals surface area (Å²) in [5, 5.41) is 6.32. The Bertz CT molecular complexity index is 1330. The van der Waals surface area contributed by atoms with Crippen molar-refractivity contribution in [1.29, 1.82) is 0 Å². The van der Waals surface area contributed by atoms with Gasteiger partial charge in [0.05, 0.1) is 51.6 Å². The van der Waals surface area contributed by atoms with Crippen molar-refractivity contribution in [3.8, 4) is 17.4 Å². The van der Waals surface area contributed by atoms with E-state index in [9.17, 15) is 23.2 Å². The number of benzene rings is 1. The number of urea groups is 1. The van der Waals surface area contributed by atoms with Crippen LogP contribution in [0.4, 0.5) is 25.0 Å². The number of ether oxygens (including phenoxy) is 5. The lowest BCUT2D eigenvalue weighted by Gasteiger charge is -2.14. The van der Waals surface area contributed by atoms with E-state index in [1.807, 2.05) is 0 Å². The van der Waals surface area contributed by atoms with Crippen LogP contribution in [0.2, 0.25) is 0 Å². The molecule has 3 rings (SSSR count). The molecular formula is C23H21F2N3O8S. The van der Waals surface area contributed by atoms with E-state index in [4.69, 9.17) is 18.9 Å². The number of rotatable bonds is 9. The van der Waals surface area contributed by atoms with Crippen LogP contribution >= 0.6 is 11.3 Å². The molecule has 0 radical (unpaired) electrons. The van der Waals surface area contributed by atoms with Crippen LogP contribution < -0.4 is 24.8 Å². The summed E-state index contributed by atoms with van der Waals surface area (Å²) in [6.07, 6.45) is 1.25. The number of nitrogens with one attached hydrogen (secondary N) is 2. The molecule has 0 bridgehead atoms. The van der Waals surface area contributed by atoms with Gasteiger partial charge in [-0.3, -0.25) is 0 Å². The molecule has 11 nitrogen and oxygen atoms in total. The van der Waals surface area contributed by atoms with E-state index in [1.54, 1.807) is 0 Å². The molecule has 0 fully saturated rings. The number of hydrogen-bond donors (Lipinski definition) is 2. The second-order valence-electron chi connectivity index (χ2n) is 6.98. The third kappa shape index (κ3) is 6.03. The quantitative estimate of drug-likeness (QED) is 0.385. The fourth-order valence-corrected chi connectivity index (χ4v) is 3.99. The number of anilines is 2. The van der Waals surface area contributed by atoms with Crippen molar-refractivity contribution in [2.75, 3.05) is 39.1 Å². The molecule has 37 heavy (non-hydrogen) atoms. The average molecular weight is 537 g/mol. The first-order chi connectivity index (χ1) is 17.7. The summed E-state index contributed by atoms with van der Waals surface area (Å²) < 4.78 is 53.1. The molecule has 2 N–H and O–H groups in total. The first kappa shape index (κ1) is 27.1. The van der Waals surface area contributed by atoms with Crippen molar-refractivity contribution in [3.63, 3.8) is 0 Å². The van der Waals surface area contributed by atoms with Gasteiger partial charge < -0.3 is 34.3 Å². The number of hydrogen-bond acceptors (Lipinski definition) is 10. The Hall–Kier alpha value is -4.46. The van der Waals surface area contributed by atoms with Gasteiger partial charge in [0, 0.05) is 11.4 Å². The molecule has 0 saturated carbocycles. The minimum absolute atomic E-state index is 0.00442. The first-order valence-electron chi connectivity index (χ1n) is 10.3. The van der Waals surface area contributed by atoms with Crippen LogP contribution in [0.5, 0.6) is 17.4 Å². The van der Waals surface area contributed by atoms with E-state index in [1.165, 1.54) is 37.9 Å². The van der Waals surface area contributed by atoms with Crippen LogP contribution in [0.3, 0.4) is 0 Å². The van der Waals surface area contributed by atoms with Crippen molar-refractivity contribution in [3.05, 3.63) is 57.4 Å². The van der Waals surface area contributed by atoms with Crippen molar-refractivity contribution in [2.24, 2.45) is 0 Å². The third-order valence-corrected chi connectivity index (χ3v) is 5.77. The minimum atomic E-state index is -1.14. The summed E-state index contributed by atoms with van der Waals surface area (Å²) >= 11 is 0.884. The van der Waals surface area contributed by atoms with Crippen LogP contribution in [0.15, 0.2) is 29.8 Å². The van der Waals surface area contributed by atoms with Crippen molar-refractivity contribution in [1.82, 2.24) is 4.98 Å². The SMILES string of the molecule is COC(=O)c1scc(NC(=O)Nc2cnc(OC)c(OCc3c(OC)ccc(F)c3F)c2)c1C(=O)OC. The topological polar surface area (TPSA) is 134 Å². The van der Waals surface area contributed by atoms with E-state index in [0.717, 1.165) is 31.6 Å². The van der Waals surface area contributed by atoms with Gasteiger partial charge >= 0.3 is 18.0 Å². The minimum Gasteiger partial charge on any atom is -0.496 e. The van der Waals surface area contributed by atoms with E-state index >= 15 is 0 Å². The maximum absolute atomic E-state index is 14.3. The number of halogens is 2. The maximum Gasteiger partial charge on any atom is 0.349 e. The van der Waals surface area contributed by atoms with Crippen molar-refractivity contribution in [2.45, 2.75) is 6.61 Å². The van der Waals surface area contributed by atoms with Gasteiger partial charge in [0.1, 0.15) is 22.8 Å². The van der Waals surface area contributed by atoms with Gasteiger partial charge in [0.15, 0.2) is 17.4 Å². The molecular weight excluding hydrogens is 516 g/mol. The van der Waals surface area contributed by atoms with Crippen LogP contribution in [0.1, 0.15) is 25.6 Å². The van der Waals surface area contributed by atoms with Gasteiger partial charge in [-0.05, 0) is 12.1 Å². The Morgan fingerprint density at radius 1 is 0.973 bits per heavy atom. The average Bonchev–Trinajstić information content (AvgIpc) is 3.31. The van der Waals surface area contributed by atoms with Crippen LogP contribution in [0.25, 0.3) is 0 Å². The molecule has 0 spiro atoms. The summed E-state index contributed by atoms with van der Waals surface area (Å²) in [6.45, 7) is -0.436. The molecule has 0 atom stereocenters. The number of amides is 2. The Morgan fingerprint density at radius 2 is 1.70 bits per heavy atom. The standard InChI is InChI=1S/C23H21F2N3O8S/c1-32-15-6-5-13(24)18(25)12(15)9-36-16-7-11(8-26-20(16)33-2)27-23(31)28-14-10-37-19(22(30)35-4)17(14)21(29)34-3/h5-8,10H,9H2,1-4H3,(H2,27,28,31). The zero-order valence-corrected chi connectivity index (χ0v) is 20.8. The number of methoxy groups -OCH3 is 4. The molecule has 1 aromatic carbocycles. The van der Waals surface area contributed by atoms with Gasteiger partial charge in [-0.25, -0.2) is 28.1 Å². The summed E-state index contributed by atoms with van der Waals surface area (Å²) in [5.41, 5.74) is -0.198. The third-order valence-electron chi connectivity index (χ3n) is 4.81. The fourth-order valence-electron chi connectivity index (χ4n) is 3.09. The molecule has 0 aliphatic carbocycles. The monoisotopic (exact) mass is 537 g/mol. The molecule has 196 valence electrons. The lowest BCUT2D eigenvalue weighted by molar-refractivity contribution is 0.0561. The predicted molar refractivity (Wildman–Crippen MR) is 128 cm³/mol. The highest BCUT2D eigenvalue weighted by Gasteiger charge is 2.26. The van der Waals surface area contributed by atoms with Crippen LogP contribution in [-0.4, -0.2) is 51.4 Å². The first-order valence-corrected chi connectivity index (χ1v) is 11.2. The van der Waals surface area contributed by atoms with E-state index in [0.29, 0.717) is 0 Å². The second-order valence-corrected chi connectivity index (χ2v) is 7.86. The molecule has 2 aromatic heterocycles. The highest BCUT2D eigenvalue weighted by molar-refractivity contribution is 7.13. The van der Waals surface area contributed by atoms with Crippen molar-refractivity contribution >= 4 is 40.7 Å². The number of thiophene rings is 1. The smallest absolute Gasteiger partial charge is 0.349 e. The Morgan fingerprint density at radius 3 is 2.35 bits per heavy atom. The fraction of sp³-hybridized carbons (Fsp3) is 0.217. The maximum atomic E-state index is 14.3. The number of carbonyl (C=O) groups excluding carboxylic acids is 3. The summed E-state index contributed by atoms with van der Waals surface area (Å²) in [6, 6.07) is 2.73. The summed E-state index contributed by atoms with van der Waals surface area (Å²) in [7, 11) is 4.90. The summed E-state index contributed by atoms with van der Waals surface area (Å²) in [4.78, 5) is 40.7. The molecule has 2 amide bonds. The zero-order valence-electron chi connectivity index (χ0n) is 20.0. The van der Waals surface area contributed by atoms with Crippen LogP contribution in [0, 0.1) is 11.6 Å². The lowest BCUT2D eigenvalue weighted by atomic mass is 10.2. The molecule has 14 heteroatoms. The van der Waals surface area contributed by atoms with Gasteiger partial charge in [-0.1, -0.05) is 0 Å². The number of pyridine rings is 1. The Kier molecular flexibility index (Phi) is 8.79. The van der Waals surface area contributed by atoms with E-state index < -0.39 is 36.2 Å². The number of aromatic nitrogens is 1. The molecule has 0 aliphatic heterocycles. The Labute approximate surface area is 213 Å². The largest absolute Gasteiger partial charge is 0.496 e. The molecule has 3 aromatic rings. The van der Waals surface area contributed by atoms with Gasteiger partial charge in [0.25, 0.3) is 5.88 Å². The normalized spacial score (nSPS) is 10.3. The zero-order chi connectivity index (χ0) is 27.1. The molecule has 2 heterocycles. The van der Waals surface area contributed by atoms with Crippen molar-refractivity contribution < 1.29 is 46.8 Å². The summed E-state index contributed by atoms with van der Waals surface area (Å²) in [5.74, 6) is -3.75. The highest BCUT2D eigenvalue weighted by Crippen LogP contribution is 2.32.